The Balaban J connectivity index is 1.44. The third kappa shape index (κ3) is 4.85. The van der Waals surface area contributed by atoms with Crippen LogP contribution in [0.5, 0.6) is 0 Å². The summed E-state index contributed by atoms with van der Waals surface area (Å²) in [5.41, 5.74) is 4.72. The van der Waals surface area contributed by atoms with Gasteiger partial charge in [0.25, 0.3) is 0 Å². The Morgan fingerprint density at radius 1 is 1.06 bits per heavy atom. The third-order valence-corrected chi connectivity index (χ3v) is 6.72. The average Bonchev–Trinajstić information content (AvgIpc) is 3.49. The average molecular weight is 500 g/mol. The molecule has 1 fully saturated rings. The Kier molecular flexibility index (Phi) is 6.77. The first kappa shape index (κ1) is 23.7. The summed E-state index contributed by atoms with van der Waals surface area (Å²) in [6.07, 6.45) is 4.04. The zero-order valence-electron chi connectivity index (χ0n) is 19.8. The first-order valence-electron chi connectivity index (χ1n) is 11.8. The molecule has 1 amide bonds. The molecule has 0 spiro atoms. The number of nitrogens with one attached hydrogen (secondary N) is 2. The Bertz CT molecular complexity index is 1370. The van der Waals surface area contributed by atoms with Crippen LogP contribution in [0.3, 0.4) is 0 Å². The van der Waals surface area contributed by atoms with Gasteiger partial charge in [0.1, 0.15) is 5.82 Å². The van der Waals surface area contributed by atoms with Crippen molar-refractivity contribution in [2.75, 3.05) is 11.9 Å². The maximum absolute atomic E-state index is 13.2. The highest BCUT2D eigenvalue weighted by atomic mass is 32.1. The Hall–Kier alpha value is -4.04. The smallest absolute Gasteiger partial charge is 0.226 e. The molecule has 3 heterocycles. The van der Waals surface area contributed by atoms with Gasteiger partial charge in [0.15, 0.2) is 5.11 Å². The predicted molar refractivity (Wildman–Crippen MR) is 142 cm³/mol. The second kappa shape index (κ2) is 10.3. The van der Waals surface area contributed by atoms with E-state index >= 15 is 0 Å². The quantitative estimate of drug-likeness (QED) is 0.337. The van der Waals surface area contributed by atoms with Crippen LogP contribution >= 0.6 is 12.2 Å². The number of nitrogens with zero attached hydrogens (tertiary/aromatic N) is 3. The summed E-state index contributed by atoms with van der Waals surface area (Å²) in [6, 6.07) is 23.6. The van der Waals surface area contributed by atoms with E-state index in [1.54, 1.807) is 18.3 Å². The summed E-state index contributed by atoms with van der Waals surface area (Å²) >= 11 is 5.75. The van der Waals surface area contributed by atoms with Crippen LogP contribution in [0.25, 0.3) is 5.69 Å². The van der Waals surface area contributed by atoms with Crippen LogP contribution in [0.15, 0.2) is 91.3 Å². The minimum atomic E-state index is -0.346. The monoisotopic (exact) mass is 499 g/mol. The number of halogens is 1. The van der Waals surface area contributed by atoms with Gasteiger partial charge >= 0.3 is 0 Å². The zero-order valence-corrected chi connectivity index (χ0v) is 20.6. The first-order chi connectivity index (χ1) is 17.5. The van der Waals surface area contributed by atoms with Gasteiger partial charge in [-0.25, -0.2) is 4.39 Å². The van der Waals surface area contributed by atoms with Crippen molar-refractivity contribution in [3.8, 4) is 5.69 Å². The van der Waals surface area contributed by atoms with Crippen molar-refractivity contribution in [1.29, 1.82) is 0 Å². The van der Waals surface area contributed by atoms with Gasteiger partial charge in [0.2, 0.25) is 5.91 Å². The Morgan fingerprint density at radius 2 is 1.83 bits per heavy atom. The molecule has 1 saturated heterocycles. The molecular formula is C28H26FN5OS. The van der Waals surface area contributed by atoms with E-state index in [-0.39, 0.29) is 30.2 Å². The van der Waals surface area contributed by atoms with Crippen molar-refractivity contribution in [2.45, 2.75) is 25.4 Å². The maximum Gasteiger partial charge on any atom is 0.226 e. The number of amides is 1. The molecular weight excluding hydrogens is 473 g/mol. The van der Waals surface area contributed by atoms with Crippen LogP contribution in [-0.4, -0.2) is 32.0 Å². The van der Waals surface area contributed by atoms with Gasteiger partial charge in [0.05, 0.1) is 17.8 Å². The molecule has 1 aliphatic heterocycles. The lowest BCUT2D eigenvalue weighted by Crippen LogP contribution is -2.33. The van der Waals surface area contributed by atoms with E-state index in [0.717, 1.165) is 22.6 Å². The van der Waals surface area contributed by atoms with Crippen LogP contribution in [0.2, 0.25) is 0 Å². The summed E-state index contributed by atoms with van der Waals surface area (Å²) in [5.74, 6) is -0.514. The van der Waals surface area contributed by atoms with E-state index in [9.17, 15) is 9.18 Å². The number of pyridine rings is 1. The Morgan fingerprint density at radius 3 is 2.58 bits per heavy atom. The van der Waals surface area contributed by atoms with Gasteiger partial charge in [-0.15, -0.1) is 0 Å². The number of thiocarbonyl (C=S) groups is 1. The number of rotatable bonds is 7. The highest BCUT2D eigenvalue weighted by molar-refractivity contribution is 7.80. The topological polar surface area (TPSA) is 62.2 Å². The molecule has 2 N–H and O–H groups in total. The van der Waals surface area contributed by atoms with Gasteiger partial charge in [0, 0.05) is 42.4 Å². The van der Waals surface area contributed by atoms with Gasteiger partial charge in [-0.3, -0.25) is 9.78 Å². The molecule has 0 bridgehead atoms. The van der Waals surface area contributed by atoms with Crippen molar-refractivity contribution >= 4 is 28.9 Å². The van der Waals surface area contributed by atoms with Crippen LogP contribution in [0.1, 0.15) is 35.5 Å². The van der Waals surface area contributed by atoms with E-state index < -0.39 is 0 Å². The second-order valence-corrected chi connectivity index (χ2v) is 9.10. The number of aromatic nitrogens is 2. The summed E-state index contributed by atoms with van der Waals surface area (Å²) < 4.78 is 15.4. The molecule has 0 radical (unpaired) electrons. The normalized spacial score (nSPS) is 17.2. The molecule has 0 unspecified atom stereocenters. The van der Waals surface area contributed by atoms with Crippen molar-refractivity contribution in [1.82, 2.24) is 19.8 Å². The van der Waals surface area contributed by atoms with Crippen LogP contribution in [0.4, 0.5) is 10.1 Å². The van der Waals surface area contributed by atoms with Crippen LogP contribution in [-0.2, 0) is 4.79 Å². The van der Waals surface area contributed by atoms with Crippen molar-refractivity contribution in [2.24, 2.45) is 0 Å². The first-order valence-corrected chi connectivity index (χ1v) is 12.2. The van der Waals surface area contributed by atoms with E-state index in [1.165, 1.54) is 12.1 Å². The molecule has 8 heteroatoms. The molecule has 0 saturated carbocycles. The lowest BCUT2D eigenvalue weighted by molar-refractivity contribution is -0.116. The number of para-hydroxylation sites is 1. The number of hydrogen-bond donors (Lipinski definition) is 2. The van der Waals surface area contributed by atoms with Crippen LogP contribution < -0.4 is 10.6 Å². The van der Waals surface area contributed by atoms with E-state index in [1.807, 2.05) is 42.6 Å². The standard InChI is InChI=1S/C28H26FN5OS/c1-19-7-2-3-9-23(19)33-17-6-10-24(33)27-26(22-8-4-5-16-30-22)32-28(36)34(27)18-15-25(35)31-21-13-11-20(29)12-14-21/h2-14,16-17,26-27H,15,18H2,1H3,(H,31,35)(H,32,36)/t26-,27-/m1/s1. The second-order valence-electron chi connectivity index (χ2n) is 8.71. The largest absolute Gasteiger partial charge is 0.352 e. The summed E-state index contributed by atoms with van der Waals surface area (Å²) in [5, 5.41) is 6.84. The summed E-state index contributed by atoms with van der Waals surface area (Å²) in [6.45, 7) is 2.50. The fourth-order valence-corrected chi connectivity index (χ4v) is 4.97. The predicted octanol–water partition coefficient (Wildman–Crippen LogP) is 5.32. The molecule has 182 valence electrons. The molecule has 2 aromatic carbocycles. The molecule has 5 rings (SSSR count). The third-order valence-electron chi connectivity index (χ3n) is 6.36. The van der Waals surface area contributed by atoms with E-state index in [0.29, 0.717) is 17.3 Å². The van der Waals surface area contributed by atoms with Gasteiger partial charge in [-0.1, -0.05) is 24.3 Å². The lowest BCUT2D eigenvalue weighted by Gasteiger charge is -2.29. The summed E-state index contributed by atoms with van der Waals surface area (Å²) in [4.78, 5) is 19.4. The minimum Gasteiger partial charge on any atom is -0.352 e. The van der Waals surface area contributed by atoms with E-state index in [2.05, 4.69) is 50.2 Å². The van der Waals surface area contributed by atoms with Gasteiger partial charge in [-0.05, 0) is 79.3 Å². The minimum absolute atomic E-state index is 0.168. The summed E-state index contributed by atoms with van der Waals surface area (Å²) in [7, 11) is 0. The van der Waals surface area contributed by atoms with Crippen molar-refractivity contribution in [3.05, 3.63) is 114 Å². The number of anilines is 1. The SMILES string of the molecule is Cc1ccccc1-n1cccc1[C@@H]1[C@@H](c2ccccn2)NC(=S)N1CCC(=O)Nc1ccc(F)cc1. The number of aryl methyl sites for hydroxylation is 1. The Labute approximate surface area is 214 Å². The fraction of sp³-hybridized carbons (Fsp3) is 0.179. The number of carbonyl (C=O) groups is 1. The number of carbonyl (C=O) groups excluding carboxylic acids is 1. The lowest BCUT2D eigenvalue weighted by atomic mass is 10.0. The number of hydrogen-bond acceptors (Lipinski definition) is 3. The number of benzene rings is 2. The molecule has 2 aromatic heterocycles. The molecule has 4 aromatic rings. The molecule has 6 nitrogen and oxygen atoms in total. The molecule has 0 aliphatic carbocycles. The molecule has 36 heavy (non-hydrogen) atoms. The molecule has 1 aliphatic rings. The van der Waals surface area contributed by atoms with Crippen LogP contribution in [0, 0.1) is 12.7 Å². The van der Waals surface area contributed by atoms with Crippen molar-refractivity contribution in [3.63, 3.8) is 0 Å². The highest BCUT2D eigenvalue weighted by Gasteiger charge is 2.41. The molecule has 2 atom stereocenters. The maximum atomic E-state index is 13.2. The van der Waals surface area contributed by atoms with Gasteiger partial charge < -0.3 is 20.1 Å². The van der Waals surface area contributed by atoms with Crippen molar-refractivity contribution < 1.29 is 9.18 Å². The fourth-order valence-electron chi connectivity index (χ4n) is 4.63. The highest BCUT2D eigenvalue weighted by Crippen LogP contribution is 2.39. The zero-order chi connectivity index (χ0) is 25.1. The van der Waals surface area contributed by atoms with Gasteiger partial charge in [-0.2, -0.15) is 0 Å². The van der Waals surface area contributed by atoms with E-state index in [4.69, 9.17) is 12.2 Å².